The molecule has 0 unspecified atom stereocenters. The van der Waals surface area contributed by atoms with E-state index in [2.05, 4.69) is 46.9 Å². The van der Waals surface area contributed by atoms with Crippen molar-refractivity contribution in [2.75, 3.05) is 0 Å². The Morgan fingerprint density at radius 1 is 1.26 bits per heavy atom. The number of halogens is 1. The molecule has 1 rings (SSSR count). The molecule has 0 heterocycles. The van der Waals surface area contributed by atoms with Gasteiger partial charge in [0, 0.05) is 5.02 Å². The Hall–Kier alpha value is -0.0962. The Morgan fingerprint density at radius 3 is 2.32 bits per heavy atom. The van der Waals surface area contributed by atoms with Gasteiger partial charge in [0.1, 0.15) is 0 Å². The molecule has 0 fully saturated rings. The lowest BCUT2D eigenvalue weighted by molar-refractivity contribution is 0.217. The lowest BCUT2D eigenvalue weighted by Gasteiger charge is -2.36. The molecule has 0 aliphatic carbocycles. The first-order chi connectivity index (χ1) is 8.69. The van der Waals surface area contributed by atoms with Crippen LogP contribution >= 0.6 is 11.6 Å². The summed E-state index contributed by atoms with van der Waals surface area (Å²) >= 11 is 6.27. The summed E-state index contributed by atoms with van der Waals surface area (Å²) in [6.45, 7) is 13.9. The highest BCUT2D eigenvalue weighted by atomic mass is 35.5. The maximum atomic E-state index is 6.27. The molecule has 0 aliphatic heterocycles. The van der Waals surface area contributed by atoms with Crippen molar-refractivity contribution >= 4 is 28.5 Å². The molecule has 0 spiro atoms. The molecule has 0 aliphatic rings. The highest BCUT2D eigenvalue weighted by molar-refractivity contribution is 7.22. The lowest BCUT2D eigenvalue weighted by Crippen LogP contribution is -2.45. The highest BCUT2D eigenvalue weighted by Gasteiger charge is 2.37. The quantitative estimate of drug-likeness (QED) is 0.658. The fourth-order valence-corrected chi connectivity index (χ4v) is 5.00. The van der Waals surface area contributed by atoms with Gasteiger partial charge in [0.05, 0.1) is 13.7 Å². The van der Waals surface area contributed by atoms with Crippen molar-refractivity contribution in [1.82, 2.24) is 0 Å². The van der Waals surface area contributed by atoms with E-state index in [0.717, 1.165) is 17.0 Å². The van der Waals surface area contributed by atoms with E-state index in [-0.39, 0.29) is 6.10 Å². The van der Waals surface area contributed by atoms with Crippen molar-refractivity contribution in [3.05, 3.63) is 34.9 Å². The predicted octanol–water partition coefficient (Wildman–Crippen LogP) is 5.43. The maximum absolute atomic E-state index is 6.27. The zero-order valence-corrected chi connectivity index (χ0v) is 15.6. The van der Waals surface area contributed by atoms with Gasteiger partial charge in [-0.05, 0) is 23.1 Å². The van der Waals surface area contributed by atoms with Gasteiger partial charge in [0.15, 0.2) is 0 Å². The molecule has 2 radical (unpaired) electrons. The van der Waals surface area contributed by atoms with Crippen LogP contribution in [-0.4, -0.2) is 16.9 Å². The first kappa shape index (κ1) is 17.0. The van der Waals surface area contributed by atoms with Gasteiger partial charge in [-0.3, -0.25) is 0 Å². The van der Waals surface area contributed by atoms with E-state index in [1.165, 1.54) is 0 Å². The Morgan fingerprint density at radius 2 is 1.84 bits per heavy atom. The predicted molar refractivity (Wildman–Crippen MR) is 88.5 cm³/mol. The Labute approximate surface area is 126 Å². The summed E-state index contributed by atoms with van der Waals surface area (Å²) in [5.41, 5.74) is 1.12. The van der Waals surface area contributed by atoms with Gasteiger partial charge < -0.3 is 4.43 Å². The number of rotatable bonds is 5. The minimum atomic E-state index is -1.37. The molecule has 1 atom stereocenters. The molecule has 0 aromatic heterocycles. The average Bonchev–Trinajstić information content (AvgIpc) is 2.30. The van der Waals surface area contributed by atoms with E-state index in [9.17, 15) is 0 Å². The second kappa shape index (κ2) is 6.57. The van der Waals surface area contributed by atoms with E-state index < -0.39 is 7.59 Å². The van der Waals surface area contributed by atoms with Crippen molar-refractivity contribution in [3.8, 4) is 0 Å². The third-order valence-corrected chi connectivity index (χ3v) is 13.1. The Bertz CT molecular complexity index is 413. The molecule has 0 bridgehead atoms. The van der Waals surface area contributed by atoms with Crippen LogP contribution in [0.15, 0.2) is 24.3 Å². The van der Waals surface area contributed by atoms with Gasteiger partial charge in [-0.25, -0.2) is 0 Å². The second-order valence-electron chi connectivity index (χ2n) is 6.51. The third kappa shape index (κ3) is 4.45. The molecule has 1 aromatic rings. The normalized spacial score (nSPS) is 14.5. The van der Waals surface area contributed by atoms with Gasteiger partial charge in [-0.1, -0.05) is 70.6 Å². The van der Waals surface area contributed by atoms with Crippen molar-refractivity contribution in [2.24, 2.45) is 0 Å². The van der Waals surface area contributed by atoms with Crippen LogP contribution in [0.4, 0.5) is 0 Å². The van der Waals surface area contributed by atoms with Crippen LogP contribution in [0.3, 0.4) is 0 Å². The second-order valence-corrected chi connectivity index (χ2v) is 16.5. The van der Waals surface area contributed by atoms with Crippen LogP contribution < -0.4 is 0 Å². The van der Waals surface area contributed by atoms with Gasteiger partial charge in [-0.15, -0.1) is 0 Å². The van der Waals surface area contributed by atoms with Crippen LogP contribution in [0.25, 0.3) is 0 Å². The summed E-state index contributed by atoms with van der Waals surface area (Å²) in [7, 11) is -0.772. The zero-order chi connectivity index (χ0) is 14.7. The molecular weight excluding hydrogens is 288 g/mol. The summed E-state index contributed by atoms with van der Waals surface area (Å²) in [5, 5.41) is 1.18. The molecule has 1 aromatic carbocycles. The van der Waals surface area contributed by atoms with Crippen molar-refractivity contribution < 1.29 is 4.43 Å². The zero-order valence-electron chi connectivity index (χ0n) is 12.9. The summed E-state index contributed by atoms with van der Waals surface area (Å²) in [6, 6.07) is 8.02. The van der Waals surface area contributed by atoms with Crippen molar-refractivity contribution in [2.45, 2.75) is 58.4 Å². The van der Waals surface area contributed by atoms with E-state index >= 15 is 0 Å². The third-order valence-electron chi connectivity index (χ3n) is 3.95. The maximum Gasteiger partial charge on any atom is 0.213 e. The first-order valence-electron chi connectivity index (χ1n) is 6.86. The standard InChI is InChI=1S/C15H25ClOSi2/c1-7-14(12-10-8-9-11-13(12)16)17-18-19(5,6)15(2,3)4/h8-11,14H,7H2,1-6H3/t14-/m1/s1. The topological polar surface area (TPSA) is 9.23 Å². The van der Waals surface area contributed by atoms with Crippen LogP contribution in [0.1, 0.15) is 45.8 Å². The van der Waals surface area contributed by atoms with Crippen LogP contribution in [0, 0.1) is 0 Å². The number of hydrogen-bond donors (Lipinski definition) is 0. The van der Waals surface area contributed by atoms with Crippen molar-refractivity contribution in [1.29, 1.82) is 0 Å². The fourth-order valence-electron chi connectivity index (χ4n) is 1.47. The van der Waals surface area contributed by atoms with E-state index in [0.29, 0.717) is 14.3 Å². The fraction of sp³-hybridized carbons (Fsp3) is 0.600. The largest absolute Gasteiger partial charge is 0.414 e. The molecule has 106 valence electrons. The summed E-state index contributed by atoms with van der Waals surface area (Å²) in [4.78, 5) is 0. The van der Waals surface area contributed by atoms with Gasteiger partial charge >= 0.3 is 0 Å². The summed E-state index contributed by atoms with van der Waals surface area (Å²) in [5.74, 6) is 0. The van der Waals surface area contributed by atoms with Gasteiger partial charge in [-0.2, -0.15) is 0 Å². The smallest absolute Gasteiger partial charge is 0.213 e. The highest BCUT2D eigenvalue weighted by Crippen LogP contribution is 2.36. The molecule has 0 amide bonds. The Balaban J connectivity index is 2.77. The van der Waals surface area contributed by atoms with Crippen molar-refractivity contribution in [3.63, 3.8) is 0 Å². The molecule has 0 N–H and O–H groups in total. The van der Waals surface area contributed by atoms with E-state index in [4.69, 9.17) is 16.0 Å². The summed E-state index contributed by atoms with van der Waals surface area (Å²) in [6.07, 6.45) is 1.09. The lowest BCUT2D eigenvalue weighted by atomic mass is 10.1. The minimum absolute atomic E-state index is 0.126. The van der Waals surface area contributed by atoms with Crippen LogP contribution in [-0.2, 0) is 4.43 Å². The molecule has 19 heavy (non-hydrogen) atoms. The minimum Gasteiger partial charge on any atom is -0.414 e. The first-order valence-corrected chi connectivity index (χ1v) is 12.1. The van der Waals surface area contributed by atoms with Crippen LogP contribution in [0.2, 0.25) is 23.2 Å². The monoisotopic (exact) mass is 312 g/mol. The Kier molecular flexibility index (Phi) is 5.86. The van der Waals surface area contributed by atoms with E-state index in [1.54, 1.807) is 0 Å². The molecule has 0 saturated heterocycles. The molecular formula is C15H25ClOSi2. The summed E-state index contributed by atoms with van der Waals surface area (Å²) < 4.78 is 6.25. The SMILES string of the molecule is CC[C@@H](O[Si][Si](C)(C)C(C)(C)C)c1ccccc1Cl. The number of benzene rings is 1. The number of hydrogen-bond acceptors (Lipinski definition) is 1. The van der Waals surface area contributed by atoms with Gasteiger partial charge in [0.25, 0.3) is 0 Å². The molecule has 1 nitrogen and oxygen atoms in total. The van der Waals surface area contributed by atoms with Gasteiger partial charge in [0.2, 0.25) is 9.28 Å². The van der Waals surface area contributed by atoms with E-state index in [1.807, 2.05) is 18.2 Å². The average molecular weight is 313 g/mol. The van der Waals surface area contributed by atoms with Crippen LogP contribution in [0.5, 0.6) is 0 Å². The molecule has 4 heteroatoms. The molecule has 0 saturated carbocycles.